The van der Waals surface area contributed by atoms with Crippen LogP contribution in [0.25, 0.3) is 0 Å². The van der Waals surface area contributed by atoms with Gasteiger partial charge in [-0.1, -0.05) is 116 Å². The highest BCUT2D eigenvalue weighted by atomic mass is 79.9. The second-order valence-corrected chi connectivity index (χ2v) is 27.1. The molecule has 0 saturated carbocycles. The van der Waals surface area contributed by atoms with Gasteiger partial charge in [0.15, 0.2) is 40.5 Å². The van der Waals surface area contributed by atoms with Crippen molar-refractivity contribution in [3.63, 3.8) is 0 Å². The minimum Gasteiger partial charge on any atom is -0.482 e. The fourth-order valence-electron chi connectivity index (χ4n) is 8.89. The number of aliphatic hydroxyl groups is 1. The first-order chi connectivity index (χ1) is 47.3. The van der Waals surface area contributed by atoms with Crippen molar-refractivity contribution < 1.29 is 65.2 Å². The first kappa shape index (κ1) is 83.4. The topological polar surface area (TPSA) is 258 Å². The fraction of sp³-hybridized carbons (Fsp3) is 0.242. The van der Waals surface area contributed by atoms with E-state index in [2.05, 4.69) is 40.7 Å². The SMILES string of the molecule is C[C@@H](Oc1cc(B2OC(C)(C)C(C)(C)O2)cnc1N)c1c(Cl)ccc(F)c1Cl.C[C@@H](Oc1cc(Br)cnc1N)c1c(Cl)ccc(F)c1Cl.C[C@@H](Oc1cccnc1N)c1c(Cl)ccc(F)c1Cl.C[C@@H](Oc1cccnc1O[N+](=O)[O-])c1c(Cl)ccc(F)c1Cl.C[C@H](O)c1c(Cl)ccc(F)c1Cl. The number of anilines is 3. The average Bonchev–Trinajstić information content (AvgIpc) is 1.65. The second-order valence-electron chi connectivity index (χ2n) is 22.3. The maximum atomic E-state index is 13.8. The molecule has 0 amide bonds. The van der Waals surface area contributed by atoms with E-state index in [1.807, 2.05) is 27.7 Å². The molecule has 35 heteroatoms. The van der Waals surface area contributed by atoms with Gasteiger partial charge < -0.3 is 50.6 Å². The summed E-state index contributed by atoms with van der Waals surface area (Å²) >= 11 is 62.6. The number of nitrogens with two attached hydrogens (primary N) is 3. The van der Waals surface area contributed by atoms with Crippen LogP contribution < -0.4 is 46.4 Å². The van der Waals surface area contributed by atoms with Gasteiger partial charge in [-0.2, -0.15) is 0 Å². The van der Waals surface area contributed by atoms with Crippen LogP contribution in [0.15, 0.2) is 126 Å². The van der Waals surface area contributed by atoms with Crippen LogP contribution in [0.2, 0.25) is 50.2 Å². The maximum Gasteiger partial charge on any atom is 0.496 e. The van der Waals surface area contributed by atoms with Gasteiger partial charge in [-0.15, -0.1) is 10.1 Å². The molecule has 5 atom stereocenters. The number of hydrogen-bond acceptors (Lipinski definition) is 17. The van der Waals surface area contributed by atoms with E-state index in [0.29, 0.717) is 58.9 Å². The Labute approximate surface area is 635 Å². The number of aromatic nitrogens is 4. The number of rotatable bonds is 16. The van der Waals surface area contributed by atoms with Crippen LogP contribution >= 0.6 is 132 Å². The Balaban J connectivity index is 0.000000203. The number of aliphatic hydroxyl groups excluding tert-OH is 1. The molecule has 0 radical (unpaired) electrons. The van der Waals surface area contributed by atoms with Gasteiger partial charge in [-0.25, -0.2) is 41.9 Å². The van der Waals surface area contributed by atoms with Crippen molar-refractivity contribution in [1.82, 2.24) is 19.9 Å². The molecule has 0 bridgehead atoms. The first-order valence-electron chi connectivity index (χ1n) is 29.3. The van der Waals surface area contributed by atoms with E-state index in [9.17, 15) is 37.2 Å². The van der Waals surface area contributed by atoms with Gasteiger partial charge in [0.1, 0.15) is 53.5 Å². The minimum atomic E-state index is -1.01. The molecule has 18 nitrogen and oxygen atoms in total. The Hall–Kier alpha value is -6.53. The largest absolute Gasteiger partial charge is 0.496 e. The zero-order valence-corrected chi connectivity index (χ0v) is 63.3. The Morgan fingerprint density at radius 3 is 1.17 bits per heavy atom. The van der Waals surface area contributed by atoms with Crippen molar-refractivity contribution in [2.75, 3.05) is 17.2 Å². The smallest absolute Gasteiger partial charge is 0.482 e. The summed E-state index contributed by atoms with van der Waals surface area (Å²) in [5, 5.41) is 19.5. The van der Waals surface area contributed by atoms with Crippen molar-refractivity contribution in [1.29, 1.82) is 0 Å². The average molecular weight is 1660 g/mol. The van der Waals surface area contributed by atoms with Crippen LogP contribution in [0.1, 0.15) is 121 Å². The number of nitrogen functional groups attached to an aromatic ring is 3. The molecule has 101 heavy (non-hydrogen) atoms. The van der Waals surface area contributed by atoms with Crippen LogP contribution in [0.4, 0.5) is 39.4 Å². The predicted octanol–water partition coefficient (Wildman–Crippen LogP) is 21.2. The normalized spacial score (nSPS) is 14.1. The minimum absolute atomic E-state index is 0.00287. The highest BCUT2D eigenvalue weighted by Gasteiger charge is 2.52. The third-order valence-electron chi connectivity index (χ3n) is 14.6. The molecule has 9 aromatic rings. The molecule has 4 aromatic heterocycles. The summed E-state index contributed by atoms with van der Waals surface area (Å²) in [6, 6.07) is 22.6. The molecule has 10 rings (SSSR count). The van der Waals surface area contributed by atoms with Crippen molar-refractivity contribution in [3.8, 4) is 28.9 Å². The zero-order chi connectivity index (χ0) is 75.3. The molecule has 1 aliphatic rings. The zero-order valence-electron chi connectivity index (χ0n) is 54.1. The van der Waals surface area contributed by atoms with E-state index in [1.54, 1.807) is 70.6 Å². The lowest BCUT2D eigenvalue weighted by atomic mass is 9.80. The standard InChI is InChI=1S/C19H22BCl2FN2O3.C13H10BrCl2FN2O.C13H9Cl2FN2O4.C13H11Cl2FN2O.C8H7Cl2FO/c1-10(15-12(21)6-7-13(23)16(15)22)26-14-8-11(9-25-17(14)24)20-27-18(2,3)19(4,5)28-20;1-6(11-8(15)2-3-9(17)12(11)16)20-10-4-7(14)5-19-13(10)18;1-7(11-8(14)4-5-9(16)12(11)15)21-10-3-2-6-17-13(10)22-18(19)20;1-7(19-10-3-2-6-18-13(10)17)11-8(14)4-5-9(16)12(11)15;1-4(12)7-5(9)2-3-6(11)8(7)10/h6-10H,1-5H3,(H2,24,25);2-6H,1H3,(H2,18,19);2-7H,1H3;2-7H,1H3,(H2,17,18);2-4,12H,1H3/t10-;6-;2*7-;4-/m11110/s1. The summed E-state index contributed by atoms with van der Waals surface area (Å²) in [6.45, 7) is 16.0. The molecular weight excluding hydrogens is 1610 g/mol. The van der Waals surface area contributed by atoms with Gasteiger partial charge in [0.2, 0.25) is 0 Å². The summed E-state index contributed by atoms with van der Waals surface area (Å²) in [5.41, 5.74) is 18.6. The van der Waals surface area contributed by atoms with Gasteiger partial charge in [-0.3, -0.25) is 4.84 Å². The number of hydrogen-bond donors (Lipinski definition) is 4. The maximum absolute atomic E-state index is 13.8. The van der Waals surface area contributed by atoms with E-state index in [-0.39, 0.29) is 75.4 Å². The van der Waals surface area contributed by atoms with Crippen molar-refractivity contribution >= 4 is 162 Å². The molecule has 5 aromatic carbocycles. The second kappa shape index (κ2) is 36.8. The third kappa shape index (κ3) is 21.8. The van der Waals surface area contributed by atoms with Gasteiger partial charge in [0.25, 0.3) is 5.88 Å². The summed E-state index contributed by atoms with van der Waals surface area (Å²) in [5.74, 6) is -1.51. The Bertz CT molecular complexity index is 4430. The van der Waals surface area contributed by atoms with Gasteiger partial charge in [-0.05, 0) is 175 Å². The van der Waals surface area contributed by atoms with E-state index in [1.165, 1.54) is 73.8 Å². The van der Waals surface area contributed by atoms with Crippen LogP contribution in [0, 0.1) is 39.2 Å². The highest BCUT2D eigenvalue weighted by molar-refractivity contribution is 9.10. The van der Waals surface area contributed by atoms with E-state index in [0.717, 1.165) is 12.1 Å². The van der Waals surface area contributed by atoms with Crippen LogP contribution in [-0.4, -0.2) is 48.4 Å². The van der Waals surface area contributed by atoms with E-state index >= 15 is 0 Å². The summed E-state index contributed by atoms with van der Waals surface area (Å²) in [4.78, 5) is 30.5. The summed E-state index contributed by atoms with van der Waals surface area (Å²) < 4.78 is 103. The van der Waals surface area contributed by atoms with Crippen molar-refractivity contribution in [2.24, 2.45) is 0 Å². The Morgan fingerprint density at radius 1 is 0.485 bits per heavy atom. The van der Waals surface area contributed by atoms with E-state index in [4.69, 9.17) is 161 Å². The summed E-state index contributed by atoms with van der Waals surface area (Å²) in [6.07, 6.45) is 2.55. The van der Waals surface area contributed by atoms with Crippen LogP contribution in [0.3, 0.4) is 0 Å². The molecule has 1 aliphatic heterocycles. The molecule has 1 saturated heterocycles. The third-order valence-corrected chi connectivity index (χ3v) is 18.6. The Morgan fingerprint density at radius 2 is 0.802 bits per heavy atom. The monoisotopic (exact) mass is 1660 g/mol. The number of ether oxygens (including phenoxy) is 4. The van der Waals surface area contributed by atoms with Gasteiger partial charge in [0.05, 0.1) is 42.4 Å². The number of benzene rings is 5. The Kier molecular flexibility index (Phi) is 30.4. The molecular formula is C66H59BBrCl10F5N8O10. The molecule has 0 aliphatic carbocycles. The lowest BCUT2D eigenvalue weighted by molar-refractivity contribution is -0.712. The number of halogens is 16. The molecule has 0 spiro atoms. The van der Waals surface area contributed by atoms with Gasteiger partial charge >= 0.3 is 12.2 Å². The molecule has 5 heterocycles. The van der Waals surface area contributed by atoms with Crippen molar-refractivity contribution in [3.05, 3.63) is 244 Å². The molecule has 0 unspecified atom stereocenters. The number of pyridine rings is 4. The predicted molar refractivity (Wildman–Crippen MR) is 390 cm³/mol. The highest BCUT2D eigenvalue weighted by Crippen LogP contribution is 2.42. The molecule has 7 N–H and O–H groups in total. The molecule has 538 valence electrons. The van der Waals surface area contributed by atoms with Gasteiger partial charge in [0, 0.05) is 87.7 Å². The fourth-order valence-corrected chi connectivity index (χ4v) is 12.6. The summed E-state index contributed by atoms with van der Waals surface area (Å²) in [7, 11) is -0.614. The van der Waals surface area contributed by atoms with Crippen molar-refractivity contribution in [2.45, 2.75) is 104 Å². The number of nitrogens with zero attached hydrogens (tertiary/aromatic N) is 5. The van der Waals surface area contributed by atoms with E-state index < -0.39 is 83.0 Å². The lowest BCUT2D eigenvalue weighted by Gasteiger charge is -2.32. The molecule has 1 fully saturated rings. The lowest BCUT2D eigenvalue weighted by Crippen LogP contribution is -2.41. The van der Waals surface area contributed by atoms with Crippen LogP contribution in [0.5, 0.6) is 28.9 Å². The quantitative estimate of drug-likeness (QED) is 0.0230. The van der Waals surface area contributed by atoms with Crippen LogP contribution in [-0.2, 0) is 9.31 Å². The first-order valence-corrected chi connectivity index (χ1v) is 33.9.